The van der Waals surface area contributed by atoms with Crippen molar-refractivity contribution in [2.24, 2.45) is 5.73 Å². The molecule has 0 aromatic carbocycles. The van der Waals surface area contributed by atoms with Gasteiger partial charge in [0.05, 0.1) is 19.8 Å². The number of nitrogens with one attached hydrogen (secondary N) is 3. The number of hydrogen-bond acceptors (Lipinski definition) is 9. The van der Waals surface area contributed by atoms with E-state index in [1.54, 1.807) is 0 Å². The van der Waals surface area contributed by atoms with Crippen LogP contribution in [0.4, 0.5) is 0 Å². The Kier molecular flexibility index (Phi) is 10.3. The summed E-state index contributed by atoms with van der Waals surface area (Å²) in [6.45, 7) is -0.735. The number of carboxylic acids is 1. The number of nitrogens with two attached hydrogens (primary N) is 1. The molecule has 1 fully saturated rings. The van der Waals surface area contributed by atoms with Crippen LogP contribution in [0.3, 0.4) is 0 Å². The Bertz CT molecular complexity index is 689. The molecule has 1 aliphatic heterocycles. The zero-order valence-electron chi connectivity index (χ0n) is 17.0. The van der Waals surface area contributed by atoms with Gasteiger partial charge in [-0.05, 0) is 19.8 Å². The Morgan fingerprint density at radius 2 is 1.58 bits per heavy atom. The molecule has 0 unspecified atom stereocenters. The van der Waals surface area contributed by atoms with E-state index < -0.39 is 79.6 Å². The molecule has 4 amide bonds. The van der Waals surface area contributed by atoms with Crippen molar-refractivity contribution < 1.29 is 44.4 Å². The predicted molar refractivity (Wildman–Crippen MR) is 103 cm³/mol. The van der Waals surface area contributed by atoms with Crippen molar-refractivity contribution in [3.8, 4) is 0 Å². The Morgan fingerprint density at radius 1 is 0.968 bits per heavy atom. The molecular weight excluding hydrogens is 418 g/mol. The Morgan fingerprint density at radius 3 is 2.10 bits per heavy atom. The second-order valence-corrected chi connectivity index (χ2v) is 7.03. The Balaban J connectivity index is 2.78. The summed E-state index contributed by atoms with van der Waals surface area (Å²) in [5.41, 5.74) is 5.39. The molecule has 1 rings (SSSR count). The molecule has 176 valence electrons. The van der Waals surface area contributed by atoms with Crippen LogP contribution in [-0.4, -0.2) is 111 Å². The summed E-state index contributed by atoms with van der Waals surface area (Å²) < 4.78 is 0. The predicted octanol–water partition coefficient (Wildman–Crippen LogP) is -5.16. The van der Waals surface area contributed by atoms with E-state index in [4.69, 9.17) is 21.1 Å². The lowest BCUT2D eigenvalue weighted by atomic mass is 10.1. The van der Waals surface area contributed by atoms with E-state index in [-0.39, 0.29) is 13.0 Å². The van der Waals surface area contributed by atoms with Gasteiger partial charge in [0.2, 0.25) is 23.6 Å². The first-order valence-electron chi connectivity index (χ1n) is 9.59. The zero-order chi connectivity index (χ0) is 23.7. The minimum atomic E-state index is -1.61. The fourth-order valence-electron chi connectivity index (χ4n) is 2.94. The van der Waals surface area contributed by atoms with Crippen LogP contribution >= 0.6 is 0 Å². The van der Waals surface area contributed by atoms with Crippen molar-refractivity contribution in [1.82, 2.24) is 20.9 Å². The number of carbonyl (C=O) groups is 5. The van der Waals surface area contributed by atoms with Gasteiger partial charge in [-0.25, -0.2) is 4.79 Å². The highest BCUT2D eigenvalue weighted by atomic mass is 16.4. The van der Waals surface area contributed by atoms with E-state index >= 15 is 0 Å². The van der Waals surface area contributed by atoms with Crippen molar-refractivity contribution in [2.75, 3.05) is 26.4 Å². The van der Waals surface area contributed by atoms with Gasteiger partial charge in [0.1, 0.15) is 30.2 Å². The van der Waals surface area contributed by atoms with E-state index in [0.717, 1.165) is 0 Å². The lowest BCUT2D eigenvalue weighted by molar-refractivity contribution is -0.144. The number of rotatable bonds is 11. The van der Waals surface area contributed by atoms with E-state index in [0.29, 0.717) is 6.42 Å². The van der Waals surface area contributed by atoms with Crippen LogP contribution in [0.5, 0.6) is 0 Å². The lowest BCUT2D eigenvalue weighted by Crippen LogP contribution is -2.58. The summed E-state index contributed by atoms with van der Waals surface area (Å²) in [5, 5.41) is 42.7. The SMILES string of the molecule is C[C@H](NC(=O)[C@@H](N)CO)C(=O)N1CCC[C@H]1C(=O)N[C@@H](CO)C(=O)N[C@@H](CO)C(=O)O. The van der Waals surface area contributed by atoms with Crippen molar-refractivity contribution in [2.45, 2.75) is 50.0 Å². The number of nitrogens with zero attached hydrogens (tertiary/aromatic N) is 1. The number of likely N-dealkylation sites (tertiary alicyclic amines) is 1. The van der Waals surface area contributed by atoms with E-state index in [1.807, 2.05) is 5.32 Å². The normalized spacial score (nSPS) is 19.6. The van der Waals surface area contributed by atoms with Crippen molar-refractivity contribution in [3.05, 3.63) is 0 Å². The maximum atomic E-state index is 12.7. The molecule has 0 saturated carbocycles. The number of carbonyl (C=O) groups excluding carboxylic acids is 4. The molecule has 1 aliphatic rings. The van der Waals surface area contributed by atoms with E-state index in [9.17, 15) is 29.1 Å². The van der Waals surface area contributed by atoms with Crippen LogP contribution in [-0.2, 0) is 24.0 Å². The summed E-state index contributed by atoms with van der Waals surface area (Å²) in [5.74, 6) is -4.58. The molecule has 1 heterocycles. The van der Waals surface area contributed by atoms with Gasteiger partial charge in [-0.15, -0.1) is 0 Å². The molecule has 14 nitrogen and oxygen atoms in total. The van der Waals surface area contributed by atoms with Gasteiger partial charge in [-0.2, -0.15) is 0 Å². The molecule has 14 heteroatoms. The largest absolute Gasteiger partial charge is 0.480 e. The Labute approximate surface area is 177 Å². The first-order chi connectivity index (χ1) is 14.6. The first-order valence-corrected chi connectivity index (χ1v) is 9.59. The summed E-state index contributed by atoms with van der Waals surface area (Å²) in [4.78, 5) is 61.3. The number of aliphatic carboxylic acids is 1. The molecule has 0 aromatic heterocycles. The summed E-state index contributed by atoms with van der Waals surface area (Å²) in [6.07, 6.45) is 0.741. The van der Waals surface area contributed by atoms with Crippen LogP contribution < -0.4 is 21.7 Å². The van der Waals surface area contributed by atoms with E-state index in [1.165, 1.54) is 11.8 Å². The quantitative estimate of drug-likeness (QED) is 0.150. The molecule has 0 aromatic rings. The van der Waals surface area contributed by atoms with Crippen LogP contribution in [0, 0.1) is 0 Å². The number of aliphatic hydroxyl groups is 3. The van der Waals surface area contributed by atoms with Gasteiger partial charge < -0.3 is 47.0 Å². The molecule has 5 atom stereocenters. The average molecular weight is 447 g/mol. The molecular formula is C17H29N5O9. The average Bonchev–Trinajstić information content (AvgIpc) is 3.23. The third-order valence-electron chi connectivity index (χ3n) is 4.71. The zero-order valence-corrected chi connectivity index (χ0v) is 17.0. The number of carboxylic acid groups (broad SMARTS) is 1. The third kappa shape index (κ3) is 7.13. The fourth-order valence-corrected chi connectivity index (χ4v) is 2.94. The van der Waals surface area contributed by atoms with Gasteiger partial charge in [0, 0.05) is 6.54 Å². The highest BCUT2D eigenvalue weighted by molar-refractivity contribution is 5.95. The second-order valence-electron chi connectivity index (χ2n) is 7.03. The number of amides is 4. The van der Waals surface area contributed by atoms with Crippen molar-refractivity contribution in [1.29, 1.82) is 0 Å². The van der Waals surface area contributed by atoms with Gasteiger partial charge in [0.25, 0.3) is 0 Å². The molecule has 31 heavy (non-hydrogen) atoms. The third-order valence-corrected chi connectivity index (χ3v) is 4.71. The highest BCUT2D eigenvalue weighted by Crippen LogP contribution is 2.19. The standard InChI is InChI=1S/C17H29N5O9/c1-8(19-13(26)9(18)5-23)16(29)22-4-2-3-12(22)15(28)20-10(6-24)14(27)21-11(7-25)17(30)31/h8-12,23-25H,2-7,18H2,1H3,(H,19,26)(H,20,28)(H,21,27)(H,30,31)/t8-,9-,10-,11-,12-/m0/s1. The fraction of sp³-hybridized carbons (Fsp3) is 0.706. The van der Waals surface area contributed by atoms with Crippen molar-refractivity contribution >= 4 is 29.6 Å². The van der Waals surface area contributed by atoms with Crippen LogP contribution in [0.1, 0.15) is 19.8 Å². The summed E-state index contributed by atoms with van der Waals surface area (Å²) in [7, 11) is 0. The number of aliphatic hydroxyl groups excluding tert-OH is 3. The molecule has 0 bridgehead atoms. The molecule has 0 aliphatic carbocycles. The minimum Gasteiger partial charge on any atom is -0.480 e. The second kappa shape index (κ2) is 12.1. The first kappa shape index (κ1) is 26.2. The minimum absolute atomic E-state index is 0.213. The van der Waals surface area contributed by atoms with E-state index in [2.05, 4.69) is 10.6 Å². The van der Waals surface area contributed by atoms with Crippen LogP contribution in [0.15, 0.2) is 0 Å². The maximum absolute atomic E-state index is 12.7. The monoisotopic (exact) mass is 447 g/mol. The van der Waals surface area contributed by atoms with Gasteiger partial charge >= 0.3 is 5.97 Å². The summed E-state index contributed by atoms with van der Waals surface area (Å²) >= 11 is 0. The van der Waals surface area contributed by atoms with Gasteiger partial charge in [-0.1, -0.05) is 0 Å². The Hall–Kier alpha value is -2.81. The van der Waals surface area contributed by atoms with Crippen LogP contribution in [0.2, 0.25) is 0 Å². The smallest absolute Gasteiger partial charge is 0.328 e. The molecule has 1 saturated heterocycles. The van der Waals surface area contributed by atoms with Gasteiger partial charge in [-0.3, -0.25) is 19.2 Å². The summed E-state index contributed by atoms with van der Waals surface area (Å²) in [6, 6.07) is -6.33. The van der Waals surface area contributed by atoms with Crippen LogP contribution in [0.25, 0.3) is 0 Å². The lowest BCUT2D eigenvalue weighted by Gasteiger charge is -2.28. The van der Waals surface area contributed by atoms with Gasteiger partial charge in [0.15, 0.2) is 0 Å². The topological polar surface area (TPSA) is 232 Å². The molecule has 9 N–H and O–H groups in total. The van der Waals surface area contributed by atoms with Crippen molar-refractivity contribution in [3.63, 3.8) is 0 Å². The molecule has 0 spiro atoms. The molecule has 0 radical (unpaired) electrons. The number of hydrogen-bond donors (Lipinski definition) is 8. The maximum Gasteiger partial charge on any atom is 0.328 e. The highest BCUT2D eigenvalue weighted by Gasteiger charge is 2.38.